The van der Waals surface area contributed by atoms with E-state index < -0.39 is 28.0 Å². The van der Waals surface area contributed by atoms with Crippen LogP contribution in [0.25, 0.3) is 0 Å². The number of sulfonamides is 1. The van der Waals surface area contributed by atoms with E-state index >= 15 is 0 Å². The highest BCUT2D eigenvalue weighted by molar-refractivity contribution is 7.89. The van der Waals surface area contributed by atoms with Crippen molar-refractivity contribution in [3.63, 3.8) is 0 Å². The summed E-state index contributed by atoms with van der Waals surface area (Å²) >= 11 is 0. The van der Waals surface area contributed by atoms with Crippen LogP contribution in [-0.2, 0) is 14.8 Å². The van der Waals surface area contributed by atoms with Crippen LogP contribution in [0.5, 0.6) is 5.75 Å². The fraction of sp³-hybridized carbons (Fsp3) is 0.632. The van der Waals surface area contributed by atoms with Crippen LogP contribution in [0.2, 0.25) is 0 Å². The minimum Gasteiger partial charge on any atom is -0.488 e. The van der Waals surface area contributed by atoms with Crippen molar-refractivity contribution >= 4 is 22.0 Å². The Hall–Kier alpha value is -2.27. The molecule has 0 aromatic carbocycles. The van der Waals surface area contributed by atoms with E-state index in [9.17, 15) is 22.4 Å². The second-order valence-electron chi connectivity index (χ2n) is 7.81. The molecule has 0 unspecified atom stereocenters. The summed E-state index contributed by atoms with van der Waals surface area (Å²) in [5, 5.41) is 2.20. The molecule has 166 valence electrons. The molecule has 1 aliphatic heterocycles. The molecule has 2 aliphatic rings. The molecule has 0 bridgehead atoms. The number of hydrogen-bond donors (Lipinski definition) is 2. The average molecular weight is 443 g/mol. The maximum Gasteiger partial charge on any atom is 0.324 e. The zero-order valence-corrected chi connectivity index (χ0v) is 17.7. The quantitative estimate of drug-likeness (QED) is 0.289. The van der Waals surface area contributed by atoms with E-state index in [0.29, 0.717) is 43.9 Å². The first-order valence-electron chi connectivity index (χ1n) is 10.1. The van der Waals surface area contributed by atoms with Gasteiger partial charge in [0, 0.05) is 18.8 Å². The highest BCUT2D eigenvalue weighted by atomic mass is 32.2. The molecule has 1 atom stereocenters. The third-order valence-electron chi connectivity index (χ3n) is 5.06. The van der Waals surface area contributed by atoms with Gasteiger partial charge in [-0.25, -0.2) is 22.9 Å². The number of imide groups is 1. The fourth-order valence-corrected chi connectivity index (χ4v) is 4.48. The minimum atomic E-state index is -3.55. The van der Waals surface area contributed by atoms with Gasteiger partial charge in [-0.05, 0) is 50.2 Å². The van der Waals surface area contributed by atoms with E-state index in [4.69, 9.17) is 4.74 Å². The van der Waals surface area contributed by atoms with Gasteiger partial charge < -0.3 is 9.64 Å². The Morgan fingerprint density at radius 1 is 1.33 bits per heavy atom. The lowest BCUT2D eigenvalue weighted by atomic mass is 10.1. The minimum absolute atomic E-state index is 0.0369. The summed E-state index contributed by atoms with van der Waals surface area (Å²) in [5.41, 5.74) is 0.524. The van der Waals surface area contributed by atoms with Crippen molar-refractivity contribution in [2.24, 2.45) is 5.92 Å². The molecule has 1 saturated carbocycles. The van der Waals surface area contributed by atoms with Crippen LogP contribution in [0.1, 0.15) is 50.6 Å². The SMILES string of the molecule is C[C@@H](NS(=O)(=O)CCCCCN1CC(=O)NC1=O)c1cnc(F)c(OCC2CC2)c1. The van der Waals surface area contributed by atoms with Gasteiger partial charge in [-0.15, -0.1) is 0 Å². The van der Waals surface area contributed by atoms with E-state index in [1.54, 1.807) is 6.92 Å². The van der Waals surface area contributed by atoms with E-state index in [1.807, 2.05) is 0 Å². The van der Waals surface area contributed by atoms with Gasteiger partial charge in [-0.1, -0.05) is 6.42 Å². The molecule has 1 saturated heterocycles. The fourth-order valence-electron chi connectivity index (χ4n) is 3.10. The molecule has 3 amide bonds. The number of urea groups is 1. The number of aromatic nitrogens is 1. The summed E-state index contributed by atoms with van der Waals surface area (Å²) in [6.07, 6.45) is 5.08. The van der Waals surface area contributed by atoms with Gasteiger partial charge >= 0.3 is 6.03 Å². The molecule has 9 nitrogen and oxygen atoms in total. The molecule has 11 heteroatoms. The number of hydrogen-bond acceptors (Lipinski definition) is 6. The Labute approximate surface area is 175 Å². The van der Waals surface area contributed by atoms with E-state index in [1.165, 1.54) is 17.2 Å². The van der Waals surface area contributed by atoms with Crippen molar-refractivity contribution in [1.82, 2.24) is 19.9 Å². The number of rotatable bonds is 12. The Morgan fingerprint density at radius 2 is 2.10 bits per heavy atom. The summed E-state index contributed by atoms with van der Waals surface area (Å²) in [4.78, 5) is 27.6. The number of ether oxygens (including phenoxy) is 1. The maximum atomic E-state index is 13.8. The Balaban J connectivity index is 1.42. The molecule has 0 radical (unpaired) electrons. The van der Waals surface area contributed by atoms with Crippen LogP contribution in [0.15, 0.2) is 12.3 Å². The first-order valence-corrected chi connectivity index (χ1v) is 11.8. The van der Waals surface area contributed by atoms with Crippen LogP contribution < -0.4 is 14.8 Å². The molecule has 1 aromatic heterocycles. The van der Waals surface area contributed by atoms with Crippen LogP contribution in [0.3, 0.4) is 0 Å². The second-order valence-corrected chi connectivity index (χ2v) is 9.68. The lowest BCUT2D eigenvalue weighted by Crippen LogP contribution is -2.30. The molecule has 2 fully saturated rings. The normalized spacial score (nSPS) is 17.9. The molecule has 30 heavy (non-hydrogen) atoms. The number of halogens is 1. The van der Waals surface area contributed by atoms with Crippen LogP contribution in [-0.4, -0.2) is 55.7 Å². The van der Waals surface area contributed by atoms with Gasteiger partial charge in [0.2, 0.25) is 15.9 Å². The molecule has 2 heterocycles. The monoisotopic (exact) mass is 442 g/mol. The smallest absolute Gasteiger partial charge is 0.324 e. The number of carbonyl (C=O) groups is 2. The summed E-state index contributed by atoms with van der Waals surface area (Å²) in [6, 6.07) is 0.502. The molecular formula is C19H27FN4O5S. The lowest BCUT2D eigenvalue weighted by Gasteiger charge is -2.16. The molecule has 2 N–H and O–H groups in total. The number of nitrogens with one attached hydrogen (secondary N) is 2. The van der Waals surface area contributed by atoms with Crippen molar-refractivity contribution in [2.75, 3.05) is 25.4 Å². The third kappa shape index (κ3) is 6.63. The highest BCUT2D eigenvalue weighted by Gasteiger charge is 2.26. The Bertz CT molecular complexity index is 891. The highest BCUT2D eigenvalue weighted by Crippen LogP contribution is 2.30. The number of pyridine rings is 1. The third-order valence-corrected chi connectivity index (χ3v) is 6.60. The predicted octanol–water partition coefficient (Wildman–Crippen LogP) is 1.71. The largest absolute Gasteiger partial charge is 0.488 e. The standard InChI is InChI=1S/C19H27FN4O5S/c1-13(15-9-16(18(20)21-10-15)29-12-14-5-6-14)23-30(27,28)8-4-2-3-7-24-11-17(25)22-19(24)26/h9-10,13-14,23H,2-8,11-12H2,1H3,(H,22,25,26)/t13-/m1/s1. The van der Waals surface area contributed by atoms with Crippen molar-refractivity contribution < 1.29 is 27.1 Å². The lowest BCUT2D eigenvalue weighted by molar-refractivity contribution is -0.118. The van der Waals surface area contributed by atoms with Crippen LogP contribution in [0, 0.1) is 11.9 Å². The number of nitrogens with zero attached hydrogens (tertiary/aromatic N) is 2. The molecular weight excluding hydrogens is 415 g/mol. The van der Waals surface area contributed by atoms with Crippen molar-refractivity contribution in [3.8, 4) is 5.75 Å². The van der Waals surface area contributed by atoms with Gasteiger partial charge in [0.05, 0.1) is 12.4 Å². The number of unbranched alkanes of at least 4 members (excludes halogenated alkanes) is 2. The number of amides is 3. The molecule has 1 aliphatic carbocycles. The molecule has 3 rings (SSSR count). The second kappa shape index (κ2) is 9.69. The van der Waals surface area contributed by atoms with E-state index in [2.05, 4.69) is 15.0 Å². The van der Waals surface area contributed by atoms with Crippen LogP contribution in [0.4, 0.5) is 9.18 Å². The topological polar surface area (TPSA) is 118 Å². The zero-order valence-electron chi connectivity index (χ0n) is 16.9. The van der Waals surface area contributed by atoms with Gasteiger partial charge in [-0.2, -0.15) is 4.39 Å². The summed E-state index contributed by atoms with van der Waals surface area (Å²) in [5.74, 6) is -0.596. The predicted molar refractivity (Wildman–Crippen MR) is 107 cm³/mol. The van der Waals surface area contributed by atoms with Crippen LogP contribution >= 0.6 is 0 Å². The van der Waals surface area contributed by atoms with Gasteiger partial charge in [0.15, 0.2) is 5.75 Å². The first-order chi connectivity index (χ1) is 14.2. The molecule has 0 spiro atoms. The van der Waals surface area contributed by atoms with Crippen molar-refractivity contribution in [2.45, 2.75) is 45.1 Å². The zero-order chi connectivity index (χ0) is 21.7. The Morgan fingerprint density at radius 3 is 2.77 bits per heavy atom. The first kappa shape index (κ1) is 22.4. The van der Waals surface area contributed by atoms with Gasteiger partial charge in [-0.3, -0.25) is 10.1 Å². The maximum absolute atomic E-state index is 13.8. The summed E-state index contributed by atoms with van der Waals surface area (Å²) < 4.78 is 46.6. The van der Waals surface area contributed by atoms with Crippen molar-refractivity contribution in [3.05, 3.63) is 23.8 Å². The van der Waals surface area contributed by atoms with Gasteiger partial charge in [0.1, 0.15) is 6.54 Å². The Kier molecular flexibility index (Phi) is 7.24. The average Bonchev–Trinajstić information content (AvgIpc) is 3.44. The van der Waals surface area contributed by atoms with E-state index in [-0.39, 0.29) is 24.0 Å². The van der Waals surface area contributed by atoms with E-state index in [0.717, 1.165) is 12.8 Å². The number of carbonyl (C=O) groups excluding carboxylic acids is 2. The summed E-state index contributed by atoms with van der Waals surface area (Å²) in [6.45, 7) is 2.57. The molecule has 1 aromatic rings. The summed E-state index contributed by atoms with van der Waals surface area (Å²) in [7, 11) is -3.55. The van der Waals surface area contributed by atoms with Gasteiger partial charge in [0.25, 0.3) is 5.95 Å². The van der Waals surface area contributed by atoms with Crippen molar-refractivity contribution in [1.29, 1.82) is 0 Å².